The Balaban J connectivity index is 1.44. The van der Waals surface area contributed by atoms with Gasteiger partial charge >= 0.3 is 0 Å². The third kappa shape index (κ3) is 4.21. The van der Waals surface area contributed by atoms with Gasteiger partial charge in [-0.3, -0.25) is 9.78 Å². The lowest BCUT2D eigenvalue weighted by Crippen LogP contribution is -2.20. The lowest BCUT2D eigenvalue weighted by molar-refractivity contribution is -0.117. The van der Waals surface area contributed by atoms with Crippen LogP contribution in [0.4, 0.5) is 5.69 Å². The van der Waals surface area contributed by atoms with Crippen LogP contribution in [-0.4, -0.2) is 30.7 Å². The Kier molecular flexibility index (Phi) is 5.59. The van der Waals surface area contributed by atoms with Crippen molar-refractivity contribution in [3.63, 3.8) is 0 Å². The number of carbonyl (C=O) groups excluding carboxylic acids is 1. The zero-order chi connectivity index (χ0) is 22.6. The van der Waals surface area contributed by atoms with Crippen LogP contribution in [0.1, 0.15) is 24.8 Å². The van der Waals surface area contributed by atoms with Crippen LogP contribution in [0.3, 0.4) is 0 Å². The minimum Gasteiger partial charge on any atom is -0.326 e. The lowest BCUT2D eigenvalue weighted by atomic mass is 9.95. The molecule has 162 valence electrons. The fourth-order valence-electron chi connectivity index (χ4n) is 3.84. The summed E-state index contributed by atoms with van der Waals surface area (Å²) < 4.78 is 1.69. The highest BCUT2D eigenvalue weighted by molar-refractivity contribution is 5.96. The molecule has 0 spiro atoms. The van der Waals surface area contributed by atoms with Crippen molar-refractivity contribution in [3.8, 4) is 22.8 Å². The third-order valence-electron chi connectivity index (χ3n) is 5.51. The van der Waals surface area contributed by atoms with Gasteiger partial charge in [-0.15, -0.1) is 10.2 Å². The van der Waals surface area contributed by atoms with E-state index in [0.29, 0.717) is 17.2 Å². The molecule has 5 aromatic rings. The second-order valence-electron chi connectivity index (χ2n) is 7.67. The summed E-state index contributed by atoms with van der Waals surface area (Å²) in [5, 5.41) is 16.2. The van der Waals surface area contributed by atoms with Gasteiger partial charge in [0.15, 0.2) is 5.65 Å². The molecule has 5 rings (SSSR count). The Morgan fingerprint density at radius 3 is 2.55 bits per heavy atom. The Hall–Kier alpha value is -4.39. The first kappa shape index (κ1) is 20.5. The SMILES string of the molecule is CCC(C(=O)Nc1cccc(-c2ccc3nnc(-c4ccccn4)n3n2)c1)c1ccccc1. The highest BCUT2D eigenvalue weighted by Gasteiger charge is 2.19. The number of fused-ring (bicyclic) bond motifs is 1. The van der Waals surface area contributed by atoms with Crippen molar-refractivity contribution in [2.45, 2.75) is 19.3 Å². The lowest BCUT2D eigenvalue weighted by Gasteiger charge is -2.16. The van der Waals surface area contributed by atoms with Gasteiger partial charge in [0, 0.05) is 17.4 Å². The fraction of sp³-hybridized carbons (Fsp3) is 0.115. The number of benzene rings is 2. The summed E-state index contributed by atoms with van der Waals surface area (Å²) in [5.74, 6) is 0.341. The molecule has 2 aromatic carbocycles. The molecule has 0 bridgehead atoms. The van der Waals surface area contributed by atoms with E-state index in [-0.39, 0.29) is 11.8 Å². The highest BCUT2D eigenvalue weighted by Crippen LogP contribution is 2.25. The topological polar surface area (TPSA) is 85.1 Å². The number of rotatable bonds is 6. The highest BCUT2D eigenvalue weighted by atomic mass is 16.1. The Bertz CT molecular complexity index is 1400. The van der Waals surface area contributed by atoms with Crippen molar-refractivity contribution >= 4 is 17.2 Å². The van der Waals surface area contributed by atoms with Crippen LogP contribution in [0.25, 0.3) is 28.4 Å². The molecule has 3 heterocycles. The Morgan fingerprint density at radius 1 is 0.909 bits per heavy atom. The van der Waals surface area contributed by atoms with E-state index >= 15 is 0 Å². The van der Waals surface area contributed by atoms with Crippen molar-refractivity contribution in [2.24, 2.45) is 0 Å². The molecule has 0 radical (unpaired) electrons. The molecule has 0 saturated carbocycles. The van der Waals surface area contributed by atoms with E-state index in [2.05, 4.69) is 20.5 Å². The van der Waals surface area contributed by atoms with Crippen LogP contribution < -0.4 is 5.32 Å². The molecule has 7 heteroatoms. The van der Waals surface area contributed by atoms with E-state index in [0.717, 1.165) is 28.9 Å². The summed E-state index contributed by atoms with van der Waals surface area (Å²) >= 11 is 0. The van der Waals surface area contributed by atoms with Gasteiger partial charge < -0.3 is 5.32 Å². The number of carbonyl (C=O) groups is 1. The Labute approximate surface area is 191 Å². The first-order chi connectivity index (χ1) is 16.2. The standard InChI is InChI=1S/C26H22N6O/c1-2-21(18-9-4-3-5-10-18)26(33)28-20-12-8-11-19(17-20)22-14-15-24-29-30-25(32(24)31-22)23-13-6-7-16-27-23/h3-17,21H,2H2,1H3,(H,28,33). The second-order valence-corrected chi connectivity index (χ2v) is 7.67. The minimum absolute atomic E-state index is 0.0273. The van der Waals surface area contributed by atoms with Crippen molar-refractivity contribution in [1.29, 1.82) is 0 Å². The van der Waals surface area contributed by atoms with Gasteiger partial charge in [0.1, 0.15) is 5.69 Å². The fourth-order valence-corrected chi connectivity index (χ4v) is 3.84. The molecule has 0 aliphatic rings. The zero-order valence-corrected chi connectivity index (χ0v) is 18.1. The average molecular weight is 435 g/mol. The van der Waals surface area contributed by atoms with E-state index in [1.807, 2.05) is 91.9 Å². The number of aromatic nitrogens is 5. The quantitative estimate of drug-likeness (QED) is 0.407. The number of nitrogens with zero attached hydrogens (tertiary/aromatic N) is 5. The van der Waals surface area contributed by atoms with Crippen molar-refractivity contribution in [2.75, 3.05) is 5.32 Å². The molecular formula is C26H22N6O. The average Bonchev–Trinajstić information content (AvgIpc) is 3.29. The van der Waals surface area contributed by atoms with Crippen LogP contribution in [0.2, 0.25) is 0 Å². The predicted molar refractivity (Wildman–Crippen MR) is 128 cm³/mol. The first-order valence-corrected chi connectivity index (χ1v) is 10.8. The van der Waals surface area contributed by atoms with Gasteiger partial charge in [-0.2, -0.15) is 9.61 Å². The molecule has 33 heavy (non-hydrogen) atoms. The molecule has 3 aromatic heterocycles. The molecular weight excluding hydrogens is 412 g/mol. The van der Waals surface area contributed by atoms with E-state index in [1.54, 1.807) is 10.7 Å². The maximum Gasteiger partial charge on any atom is 0.231 e. The molecule has 0 saturated heterocycles. The van der Waals surface area contributed by atoms with Gasteiger partial charge in [0.2, 0.25) is 11.7 Å². The minimum atomic E-state index is -0.206. The maximum absolute atomic E-state index is 13.0. The molecule has 0 aliphatic carbocycles. The third-order valence-corrected chi connectivity index (χ3v) is 5.51. The van der Waals surface area contributed by atoms with Crippen LogP contribution in [0, 0.1) is 0 Å². The summed E-state index contributed by atoms with van der Waals surface area (Å²) in [7, 11) is 0. The second kappa shape index (κ2) is 9.00. The van der Waals surface area contributed by atoms with E-state index < -0.39 is 0 Å². The summed E-state index contributed by atoms with van der Waals surface area (Å²) in [6, 6.07) is 26.9. The number of pyridine rings is 1. The summed E-state index contributed by atoms with van der Waals surface area (Å²) in [5.41, 5.74) is 4.69. The van der Waals surface area contributed by atoms with Crippen LogP contribution in [0.5, 0.6) is 0 Å². The molecule has 1 atom stereocenters. The van der Waals surface area contributed by atoms with Crippen LogP contribution in [-0.2, 0) is 4.79 Å². The van der Waals surface area contributed by atoms with Crippen LogP contribution >= 0.6 is 0 Å². The van der Waals surface area contributed by atoms with E-state index in [9.17, 15) is 4.79 Å². The predicted octanol–water partition coefficient (Wildman–Crippen LogP) is 4.99. The van der Waals surface area contributed by atoms with Gasteiger partial charge in [0.25, 0.3) is 0 Å². The summed E-state index contributed by atoms with van der Waals surface area (Å²) in [6.07, 6.45) is 2.43. The molecule has 0 fully saturated rings. The van der Waals surface area contributed by atoms with E-state index in [1.165, 1.54) is 0 Å². The van der Waals surface area contributed by atoms with Crippen molar-refractivity contribution in [3.05, 3.63) is 96.7 Å². The van der Waals surface area contributed by atoms with Crippen LogP contribution in [0.15, 0.2) is 91.1 Å². The molecule has 0 aliphatic heterocycles. The van der Waals surface area contributed by atoms with E-state index in [4.69, 9.17) is 5.10 Å². The number of hydrogen-bond acceptors (Lipinski definition) is 5. The van der Waals surface area contributed by atoms with Crippen molar-refractivity contribution < 1.29 is 4.79 Å². The number of nitrogens with one attached hydrogen (secondary N) is 1. The summed E-state index contributed by atoms with van der Waals surface area (Å²) in [6.45, 7) is 2.02. The number of anilines is 1. The maximum atomic E-state index is 13.0. The zero-order valence-electron chi connectivity index (χ0n) is 18.1. The van der Waals surface area contributed by atoms with Gasteiger partial charge in [-0.05, 0) is 48.4 Å². The smallest absolute Gasteiger partial charge is 0.231 e. The number of hydrogen-bond donors (Lipinski definition) is 1. The van der Waals surface area contributed by atoms with Gasteiger partial charge in [-0.1, -0.05) is 55.5 Å². The molecule has 7 nitrogen and oxygen atoms in total. The van der Waals surface area contributed by atoms with Gasteiger partial charge in [0.05, 0.1) is 11.6 Å². The normalized spacial score (nSPS) is 11.9. The first-order valence-electron chi connectivity index (χ1n) is 10.8. The molecule has 1 N–H and O–H groups in total. The Morgan fingerprint density at radius 2 is 1.76 bits per heavy atom. The monoisotopic (exact) mass is 434 g/mol. The van der Waals surface area contributed by atoms with Gasteiger partial charge in [-0.25, -0.2) is 0 Å². The molecule has 1 unspecified atom stereocenters. The number of amides is 1. The largest absolute Gasteiger partial charge is 0.326 e. The summed E-state index contributed by atoms with van der Waals surface area (Å²) in [4.78, 5) is 17.3. The molecule has 1 amide bonds. The van der Waals surface area contributed by atoms with Crippen molar-refractivity contribution in [1.82, 2.24) is 24.8 Å².